The van der Waals surface area contributed by atoms with E-state index in [1.54, 1.807) is 0 Å². The Morgan fingerprint density at radius 2 is 2.00 bits per heavy atom. The maximum atomic E-state index is 10.4. The first-order valence-electron chi connectivity index (χ1n) is 4.32. The van der Waals surface area contributed by atoms with E-state index in [0.717, 1.165) is 12.8 Å². The van der Waals surface area contributed by atoms with Crippen molar-refractivity contribution in [1.29, 1.82) is 0 Å². The summed E-state index contributed by atoms with van der Waals surface area (Å²) in [6.45, 7) is 4.36. The summed E-state index contributed by atoms with van der Waals surface area (Å²) in [4.78, 5) is 10.4. The van der Waals surface area contributed by atoms with Crippen molar-refractivity contribution < 1.29 is 9.90 Å². The molecule has 4 nitrogen and oxygen atoms in total. The van der Waals surface area contributed by atoms with Crippen molar-refractivity contribution >= 4 is 5.91 Å². The minimum atomic E-state index is -1.06. The Hall–Kier alpha value is -0.610. The van der Waals surface area contributed by atoms with Gasteiger partial charge in [0.1, 0.15) is 6.10 Å². The standard InChI is InChI=1S/C8H18N2O2/c1-3-6(4-2)10-5-7(11)8(9)12/h6-7,10-11H,3-5H2,1-2H3,(H2,9,12)/t7-/m0/s1. The SMILES string of the molecule is CCC(CC)NC[C@H](O)C(N)=O. The van der Waals surface area contributed by atoms with E-state index < -0.39 is 12.0 Å². The van der Waals surface area contributed by atoms with Gasteiger partial charge < -0.3 is 16.2 Å². The Kier molecular flexibility index (Phi) is 5.66. The molecule has 0 heterocycles. The highest BCUT2D eigenvalue weighted by atomic mass is 16.3. The van der Waals surface area contributed by atoms with E-state index in [1.165, 1.54) is 0 Å². The highest BCUT2D eigenvalue weighted by molar-refractivity contribution is 5.78. The van der Waals surface area contributed by atoms with Crippen LogP contribution in [-0.2, 0) is 4.79 Å². The molecule has 0 aromatic rings. The first kappa shape index (κ1) is 11.4. The number of hydrogen-bond donors (Lipinski definition) is 3. The van der Waals surface area contributed by atoms with Crippen LogP contribution in [0.25, 0.3) is 0 Å². The van der Waals surface area contributed by atoms with Crippen LogP contribution in [0.4, 0.5) is 0 Å². The zero-order valence-corrected chi connectivity index (χ0v) is 7.71. The Balaban J connectivity index is 3.58. The number of aliphatic hydroxyl groups excluding tert-OH is 1. The number of aliphatic hydroxyl groups is 1. The van der Waals surface area contributed by atoms with Crippen molar-refractivity contribution in [3.8, 4) is 0 Å². The predicted molar refractivity (Wildman–Crippen MR) is 47.6 cm³/mol. The second-order valence-corrected chi connectivity index (χ2v) is 2.84. The van der Waals surface area contributed by atoms with Crippen LogP contribution in [0.3, 0.4) is 0 Å². The fraction of sp³-hybridized carbons (Fsp3) is 0.875. The fourth-order valence-corrected chi connectivity index (χ4v) is 0.956. The van der Waals surface area contributed by atoms with Gasteiger partial charge in [0.2, 0.25) is 5.91 Å². The van der Waals surface area contributed by atoms with Crippen LogP contribution >= 0.6 is 0 Å². The molecule has 0 spiro atoms. The van der Waals surface area contributed by atoms with Gasteiger partial charge in [-0.3, -0.25) is 4.79 Å². The van der Waals surface area contributed by atoms with Crippen molar-refractivity contribution in [2.75, 3.05) is 6.54 Å². The monoisotopic (exact) mass is 174 g/mol. The molecule has 0 unspecified atom stereocenters. The van der Waals surface area contributed by atoms with E-state index in [4.69, 9.17) is 10.8 Å². The summed E-state index contributed by atoms with van der Waals surface area (Å²) in [5.41, 5.74) is 4.88. The molecule has 12 heavy (non-hydrogen) atoms. The molecule has 0 bridgehead atoms. The molecule has 0 aliphatic carbocycles. The summed E-state index contributed by atoms with van der Waals surface area (Å²) in [7, 11) is 0. The Morgan fingerprint density at radius 3 is 2.33 bits per heavy atom. The first-order valence-corrected chi connectivity index (χ1v) is 4.32. The minimum absolute atomic E-state index is 0.252. The van der Waals surface area contributed by atoms with Gasteiger partial charge in [0, 0.05) is 12.6 Å². The van der Waals surface area contributed by atoms with Gasteiger partial charge in [-0.1, -0.05) is 13.8 Å². The molecule has 0 saturated heterocycles. The molecule has 0 saturated carbocycles. The van der Waals surface area contributed by atoms with E-state index in [2.05, 4.69) is 19.2 Å². The fourth-order valence-electron chi connectivity index (χ4n) is 0.956. The van der Waals surface area contributed by atoms with E-state index in [9.17, 15) is 4.79 Å². The van der Waals surface area contributed by atoms with Crippen LogP contribution in [0.1, 0.15) is 26.7 Å². The lowest BCUT2D eigenvalue weighted by molar-refractivity contribution is -0.125. The lowest BCUT2D eigenvalue weighted by Crippen LogP contribution is -2.41. The zero-order chi connectivity index (χ0) is 9.56. The third-order valence-electron chi connectivity index (χ3n) is 1.91. The third-order valence-corrected chi connectivity index (χ3v) is 1.91. The number of carbonyl (C=O) groups excluding carboxylic acids is 1. The maximum Gasteiger partial charge on any atom is 0.247 e. The van der Waals surface area contributed by atoms with Crippen LogP contribution in [-0.4, -0.2) is 29.7 Å². The van der Waals surface area contributed by atoms with E-state index in [1.807, 2.05) is 0 Å². The molecule has 0 fully saturated rings. The van der Waals surface area contributed by atoms with Crippen molar-refractivity contribution in [3.05, 3.63) is 0 Å². The van der Waals surface area contributed by atoms with Crippen LogP contribution in [0.15, 0.2) is 0 Å². The summed E-state index contributed by atoms with van der Waals surface area (Å²) < 4.78 is 0. The highest BCUT2D eigenvalue weighted by Crippen LogP contribution is 1.95. The summed E-state index contributed by atoms with van der Waals surface area (Å²) >= 11 is 0. The largest absolute Gasteiger partial charge is 0.382 e. The number of nitrogens with two attached hydrogens (primary N) is 1. The molecule has 0 rings (SSSR count). The topological polar surface area (TPSA) is 75.3 Å². The molecule has 0 aliphatic heterocycles. The zero-order valence-electron chi connectivity index (χ0n) is 7.71. The first-order chi connectivity index (χ1) is 5.61. The number of rotatable bonds is 6. The van der Waals surface area contributed by atoms with Gasteiger partial charge in [-0.25, -0.2) is 0 Å². The summed E-state index contributed by atoms with van der Waals surface area (Å²) in [5, 5.41) is 12.1. The van der Waals surface area contributed by atoms with Crippen LogP contribution in [0.5, 0.6) is 0 Å². The highest BCUT2D eigenvalue weighted by Gasteiger charge is 2.11. The molecular formula is C8H18N2O2. The Labute approximate surface area is 73.1 Å². The average molecular weight is 174 g/mol. The van der Waals surface area contributed by atoms with Crippen LogP contribution in [0, 0.1) is 0 Å². The lowest BCUT2D eigenvalue weighted by atomic mass is 10.1. The Bertz CT molecular complexity index is 135. The molecule has 0 aromatic heterocycles. The van der Waals surface area contributed by atoms with E-state index in [0.29, 0.717) is 6.04 Å². The van der Waals surface area contributed by atoms with Crippen molar-refractivity contribution in [3.63, 3.8) is 0 Å². The normalized spacial score (nSPS) is 13.3. The van der Waals surface area contributed by atoms with Crippen molar-refractivity contribution in [1.82, 2.24) is 5.32 Å². The molecule has 1 atom stereocenters. The maximum absolute atomic E-state index is 10.4. The molecule has 4 N–H and O–H groups in total. The number of amides is 1. The van der Waals surface area contributed by atoms with Gasteiger partial charge in [-0.15, -0.1) is 0 Å². The van der Waals surface area contributed by atoms with Crippen molar-refractivity contribution in [2.24, 2.45) is 5.73 Å². The molecule has 0 aliphatic rings. The second-order valence-electron chi connectivity index (χ2n) is 2.84. The third kappa shape index (κ3) is 4.31. The average Bonchev–Trinajstić information content (AvgIpc) is 2.05. The van der Waals surface area contributed by atoms with Gasteiger partial charge in [-0.05, 0) is 12.8 Å². The van der Waals surface area contributed by atoms with E-state index >= 15 is 0 Å². The van der Waals surface area contributed by atoms with Crippen LogP contribution in [0.2, 0.25) is 0 Å². The Morgan fingerprint density at radius 1 is 1.50 bits per heavy atom. The van der Waals surface area contributed by atoms with Crippen LogP contribution < -0.4 is 11.1 Å². The summed E-state index contributed by atoms with van der Waals surface area (Å²) in [5.74, 6) is -0.673. The number of carbonyl (C=O) groups is 1. The molecule has 0 aromatic carbocycles. The van der Waals surface area contributed by atoms with Gasteiger partial charge in [-0.2, -0.15) is 0 Å². The van der Waals surface area contributed by atoms with Gasteiger partial charge in [0.25, 0.3) is 0 Å². The van der Waals surface area contributed by atoms with Gasteiger partial charge >= 0.3 is 0 Å². The number of primary amides is 1. The second kappa shape index (κ2) is 5.97. The molecule has 1 amide bonds. The number of hydrogen-bond acceptors (Lipinski definition) is 3. The van der Waals surface area contributed by atoms with Crippen molar-refractivity contribution in [2.45, 2.75) is 38.8 Å². The molecule has 0 radical (unpaired) electrons. The summed E-state index contributed by atoms with van der Waals surface area (Å²) in [6.07, 6.45) is 0.912. The predicted octanol–water partition coefficient (Wildman–Crippen LogP) is -0.389. The quantitative estimate of drug-likeness (QED) is 0.513. The molecule has 4 heteroatoms. The van der Waals surface area contributed by atoms with Gasteiger partial charge in [0.15, 0.2) is 0 Å². The molecular weight excluding hydrogens is 156 g/mol. The van der Waals surface area contributed by atoms with E-state index in [-0.39, 0.29) is 6.54 Å². The lowest BCUT2D eigenvalue weighted by Gasteiger charge is -2.15. The number of nitrogens with one attached hydrogen (secondary N) is 1. The van der Waals surface area contributed by atoms with Gasteiger partial charge in [0.05, 0.1) is 0 Å². The minimum Gasteiger partial charge on any atom is -0.382 e. The molecule has 72 valence electrons. The summed E-state index contributed by atoms with van der Waals surface area (Å²) in [6, 6.07) is 0.360. The smallest absolute Gasteiger partial charge is 0.247 e.